The third-order valence-corrected chi connectivity index (χ3v) is 6.07. The van der Waals surface area contributed by atoms with E-state index in [-0.39, 0.29) is 11.7 Å². The predicted octanol–water partition coefficient (Wildman–Crippen LogP) is 2.06. The second kappa shape index (κ2) is 9.91. The van der Waals surface area contributed by atoms with Crippen LogP contribution in [0, 0.1) is 0 Å². The number of aromatic nitrogens is 1. The highest BCUT2D eigenvalue weighted by molar-refractivity contribution is 6.40. The van der Waals surface area contributed by atoms with E-state index < -0.39 is 6.04 Å². The lowest BCUT2D eigenvalue weighted by molar-refractivity contribution is -0.118. The molecule has 1 amide bonds. The Kier molecular flexibility index (Phi) is 6.80. The highest BCUT2D eigenvalue weighted by Gasteiger charge is 2.34. The van der Waals surface area contributed by atoms with Gasteiger partial charge in [0.15, 0.2) is 5.78 Å². The number of nitrogens with one attached hydrogen (secondary N) is 1. The zero-order valence-electron chi connectivity index (χ0n) is 18.7. The number of carbonyl (C=O) groups excluding carboxylic acids is 2. The van der Waals surface area contributed by atoms with E-state index in [0.717, 1.165) is 49.8 Å². The fourth-order valence-electron chi connectivity index (χ4n) is 4.07. The molecule has 1 atom stereocenters. The Balaban J connectivity index is 1.35. The molecule has 0 spiro atoms. The fraction of sp³-hybridized carbons (Fsp3) is 0.417. The number of para-hydroxylation sites is 1. The first-order chi connectivity index (χ1) is 15.5. The molecule has 32 heavy (non-hydrogen) atoms. The molecule has 0 radical (unpaired) electrons. The van der Waals surface area contributed by atoms with Gasteiger partial charge in [-0.3, -0.25) is 14.6 Å². The van der Waals surface area contributed by atoms with Crippen LogP contribution < -0.4 is 15.2 Å². The van der Waals surface area contributed by atoms with Crippen LogP contribution in [0.4, 0.5) is 11.5 Å². The number of ketones is 1. The molecule has 4 rings (SSSR count). The number of piperazine rings is 1. The third-order valence-electron chi connectivity index (χ3n) is 6.07. The SMILES string of the molecule is CCN1CCN(c2ccc(CNC(=O)C3=NN(c4ccccc4)C(C(C)=O)C3)cn2)CC1. The van der Waals surface area contributed by atoms with Crippen LogP contribution in [0.15, 0.2) is 53.8 Å². The number of pyridine rings is 1. The van der Waals surface area contributed by atoms with E-state index in [0.29, 0.717) is 18.7 Å². The van der Waals surface area contributed by atoms with E-state index in [9.17, 15) is 9.59 Å². The molecule has 168 valence electrons. The maximum absolute atomic E-state index is 12.7. The summed E-state index contributed by atoms with van der Waals surface area (Å²) in [6.07, 6.45) is 2.11. The van der Waals surface area contributed by atoms with Crippen molar-refractivity contribution in [1.82, 2.24) is 15.2 Å². The Morgan fingerprint density at radius 2 is 1.81 bits per heavy atom. The molecular weight excluding hydrogens is 404 g/mol. The Bertz CT molecular complexity index is 968. The summed E-state index contributed by atoms with van der Waals surface area (Å²) < 4.78 is 0. The summed E-state index contributed by atoms with van der Waals surface area (Å²) in [5, 5.41) is 9.01. The molecule has 1 unspecified atom stereocenters. The van der Waals surface area contributed by atoms with Crippen LogP contribution in [-0.4, -0.2) is 66.1 Å². The lowest BCUT2D eigenvalue weighted by Crippen LogP contribution is -2.46. The van der Waals surface area contributed by atoms with E-state index in [1.54, 1.807) is 5.01 Å². The molecule has 1 fully saturated rings. The highest BCUT2D eigenvalue weighted by Crippen LogP contribution is 2.25. The van der Waals surface area contributed by atoms with Crippen molar-refractivity contribution in [2.75, 3.05) is 42.6 Å². The smallest absolute Gasteiger partial charge is 0.267 e. The van der Waals surface area contributed by atoms with Gasteiger partial charge in [-0.15, -0.1) is 0 Å². The van der Waals surface area contributed by atoms with Crippen LogP contribution in [-0.2, 0) is 16.1 Å². The lowest BCUT2D eigenvalue weighted by atomic mass is 10.1. The maximum atomic E-state index is 12.7. The Hall–Kier alpha value is -3.26. The van der Waals surface area contributed by atoms with Crippen LogP contribution in [0.1, 0.15) is 25.8 Å². The van der Waals surface area contributed by atoms with E-state index in [1.807, 2.05) is 48.7 Å². The minimum atomic E-state index is -0.452. The summed E-state index contributed by atoms with van der Waals surface area (Å²) in [5.41, 5.74) is 2.10. The molecule has 2 aliphatic heterocycles. The summed E-state index contributed by atoms with van der Waals surface area (Å²) in [7, 11) is 0. The molecule has 2 aliphatic rings. The Labute approximate surface area is 188 Å². The minimum absolute atomic E-state index is 0.0139. The zero-order valence-corrected chi connectivity index (χ0v) is 18.7. The lowest BCUT2D eigenvalue weighted by Gasteiger charge is -2.34. The molecule has 8 nitrogen and oxygen atoms in total. The van der Waals surface area contributed by atoms with Crippen molar-refractivity contribution in [1.29, 1.82) is 0 Å². The van der Waals surface area contributed by atoms with E-state index in [4.69, 9.17) is 0 Å². The number of hydrogen-bond acceptors (Lipinski definition) is 7. The standard InChI is InChI=1S/C24H30N6O2/c1-3-28-11-13-29(14-12-28)23-10-9-19(16-25-23)17-26-24(32)21-15-22(18(2)31)30(27-21)20-7-5-4-6-8-20/h4-10,16,22H,3,11-15,17H2,1-2H3,(H,26,32). The minimum Gasteiger partial charge on any atom is -0.354 e. The van der Waals surface area contributed by atoms with Crippen LogP contribution in [0.5, 0.6) is 0 Å². The summed E-state index contributed by atoms with van der Waals surface area (Å²) in [6.45, 7) is 9.24. The largest absolute Gasteiger partial charge is 0.354 e. The molecule has 0 saturated carbocycles. The summed E-state index contributed by atoms with van der Waals surface area (Å²) in [5.74, 6) is 0.702. The second-order valence-electron chi connectivity index (χ2n) is 8.19. The number of benzene rings is 1. The molecule has 0 bridgehead atoms. The van der Waals surface area contributed by atoms with Crippen molar-refractivity contribution in [3.63, 3.8) is 0 Å². The topological polar surface area (TPSA) is 81.1 Å². The first-order valence-corrected chi connectivity index (χ1v) is 11.2. The number of amides is 1. The van der Waals surface area contributed by atoms with E-state index in [2.05, 4.69) is 32.1 Å². The molecular formula is C24H30N6O2. The molecule has 2 aromatic rings. The highest BCUT2D eigenvalue weighted by atomic mass is 16.2. The number of likely N-dealkylation sites (N-methyl/N-ethyl adjacent to an activating group) is 1. The normalized spacial score (nSPS) is 19.1. The average Bonchev–Trinajstić information content (AvgIpc) is 3.30. The second-order valence-corrected chi connectivity index (χ2v) is 8.19. The van der Waals surface area contributed by atoms with Crippen LogP contribution in [0.25, 0.3) is 0 Å². The number of hydrogen-bond donors (Lipinski definition) is 1. The van der Waals surface area contributed by atoms with Gasteiger partial charge in [-0.05, 0) is 37.2 Å². The van der Waals surface area contributed by atoms with Crippen molar-refractivity contribution in [2.45, 2.75) is 32.9 Å². The molecule has 1 aromatic carbocycles. The van der Waals surface area contributed by atoms with Crippen molar-refractivity contribution in [3.8, 4) is 0 Å². The summed E-state index contributed by atoms with van der Waals surface area (Å²) in [6, 6.07) is 13.0. The van der Waals surface area contributed by atoms with Crippen molar-refractivity contribution in [2.24, 2.45) is 5.10 Å². The summed E-state index contributed by atoms with van der Waals surface area (Å²) in [4.78, 5) is 34.2. The van der Waals surface area contributed by atoms with Gasteiger partial charge in [0, 0.05) is 45.3 Å². The first kappa shape index (κ1) is 22.0. The average molecular weight is 435 g/mol. The first-order valence-electron chi connectivity index (χ1n) is 11.2. The predicted molar refractivity (Wildman–Crippen MR) is 126 cm³/mol. The maximum Gasteiger partial charge on any atom is 0.267 e. The van der Waals surface area contributed by atoms with Crippen molar-refractivity contribution >= 4 is 28.9 Å². The van der Waals surface area contributed by atoms with Gasteiger partial charge in [0.25, 0.3) is 5.91 Å². The fourth-order valence-corrected chi connectivity index (χ4v) is 4.07. The molecule has 1 N–H and O–H groups in total. The van der Waals surface area contributed by atoms with Gasteiger partial charge in [-0.25, -0.2) is 4.98 Å². The van der Waals surface area contributed by atoms with E-state index in [1.165, 1.54) is 6.92 Å². The summed E-state index contributed by atoms with van der Waals surface area (Å²) >= 11 is 0. The van der Waals surface area contributed by atoms with Gasteiger partial charge in [0.1, 0.15) is 17.6 Å². The number of hydrazone groups is 1. The number of anilines is 2. The number of carbonyl (C=O) groups is 2. The van der Waals surface area contributed by atoms with E-state index >= 15 is 0 Å². The molecule has 8 heteroatoms. The van der Waals surface area contributed by atoms with Gasteiger partial charge >= 0.3 is 0 Å². The van der Waals surface area contributed by atoms with Crippen molar-refractivity contribution in [3.05, 3.63) is 54.2 Å². The third kappa shape index (κ3) is 4.96. The van der Waals surface area contributed by atoms with Gasteiger partial charge in [-0.2, -0.15) is 5.10 Å². The molecule has 3 heterocycles. The van der Waals surface area contributed by atoms with Crippen molar-refractivity contribution < 1.29 is 9.59 Å². The Morgan fingerprint density at radius 3 is 2.44 bits per heavy atom. The molecule has 0 aliphatic carbocycles. The quantitative estimate of drug-likeness (QED) is 0.719. The van der Waals surface area contributed by atoms with Crippen LogP contribution in [0.2, 0.25) is 0 Å². The number of nitrogens with zero attached hydrogens (tertiary/aromatic N) is 5. The van der Waals surface area contributed by atoms with Gasteiger partial charge < -0.3 is 15.1 Å². The number of Topliss-reactive ketones (excluding diaryl/α,β-unsaturated/α-hetero) is 1. The van der Waals surface area contributed by atoms with Gasteiger partial charge in [0.05, 0.1) is 5.69 Å². The van der Waals surface area contributed by atoms with Gasteiger partial charge in [0.2, 0.25) is 0 Å². The Morgan fingerprint density at radius 1 is 1.06 bits per heavy atom. The molecule has 1 saturated heterocycles. The zero-order chi connectivity index (χ0) is 22.5. The van der Waals surface area contributed by atoms with Crippen LogP contribution in [0.3, 0.4) is 0 Å². The number of rotatable bonds is 7. The van der Waals surface area contributed by atoms with Crippen LogP contribution >= 0.6 is 0 Å². The van der Waals surface area contributed by atoms with Gasteiger partial charge in [-0.1, -0.05) is 31.2 Å². The monoisotopic (exact) mass is 434 g/mol. The molecule has 1 aromatic heterocycles.